The third-order valence-corrected chi connectivity index (χ3v) is 7.31. The van der Waals surface area contributed by atoms with Gasteiger partial charge < -0.3 is 19.2 Å². The van der Waals surface area contributed by atoms with Gasteiger partial charge in [-0.15, -0.1) is 10.2 Å². The minimum atomic E-state index is -4.85. The standard InChI is InChI=1S/C28H26F3N7O3/c29-28(30,31)24-23(41-27(34-24)18-6-2-1-3-7-18)20(39)14-17-10-11-21(32-15-17)37-12-13-38-22(16-37)35-36-25(38)26(40)33-19-8-4-5-9-19/h1-3,6-7,10-11,15,19H,4-5,8-9,12-14,16H2,(H,33,40). The first-order valence-corrected chi connectivity index (χ1v) is 13.4. The van der Waals surface area contributed by atoms with E-state index in [0.29, 0.717) is 48.2 Å². The number of amides is 1. The molecule has 4 aromatic rings. The highest BCUT2D eigenvalue weighted by molar-refractivity contribution is 5.96. The van der Waals surface area contributed by atoms with Crippen LogP contribution in [0.3, 0.4) is 0 Å². The van der Waals surface area contributed by atoms with Gasteiger partial charge in [0.2, 0.25) is 23.3 Å². The van der Waals surface area contributed by atoms with E-state index < -0.39 is 23.4 Å². The molecule has 0 atom stereocenters. The van der Waals surface area contributed by atoms with Crippen LogP contribution in [0.5, 0.6) is 0 Å². The maximum Gasteiger partial charge on any atom is 0.437 e. The van der Waals surface area contributed by atoms with Gasteiger partial charge in [0.25, 0.3) is 5.91 Å². The van der Waals surface area contributed by atoms with E-state index >= 15 is 0 Å². The second-order valence-electron chi connectivity index (χ2n) is 10.2. The van der Waals surface area contributed by atoms with E-state index in [1.54, 1.807) is 42.5 Å². The largest absolute Gasteiger partial charge is 0.437 e. The lowest BCUT2D eigenvalue weighted by atomic mass is 10.1. The quantitative estimate of drug-likeness (QED) is 0.326. The van der Waals surface area contributed by atoms with Gasteiger partial charge in [0.1, 0.15) is 5.82 Å². The number of aromatic nitrogens is 5. The van der Waals surface area contributed by atoms with E-state index in [1.165, 1.54) is 6.20 Å². The van der Waals surface area contributed by atoms with Crippen LogP contribution in [0.1, 0.15) is 63.9 Å². The van der Waals surface area contributed by atoms with Gasteiger partial charge in [-0.25, -0.2) is 9.97 Å². The number of rotatable bonds is 7. The Balaban J connectivity index is 1.13. The van der Waals surface area contributed by atoms with Gasteiger partial charge in [0.15, 0.2) is 11.5 Å². The van der Waals surface area contributed by atoms with Crippen LogP contribution in [0.2, 0.25) is 0 Å². The summed E-state index contributed by atoms with van der Waals surface area (Å²) in [5.74, 6) is -0.629. The smallest absolute Gasteiger partial charge is 0.432 e. The van der Waals surface area contributed by atoms with Gasteiger partial charge in [-0.1, -0.05) is 37.1 Å². The van der Waals surface area contributed by atoms with E-state index in [1.807, 2.05) is 9.47 Å². The zero-order valence-electron chi connectivity index (χ0n) is 21.9. The van der Waals surface area contributed by atoms with Gasteiger partial charge in [0.05, 0.1) is 6.54 Å². The monoisotopic (exact) mass is 565 g/mol. The minimum absolute atomic E-state index is 0.181. The second-order valence-corrected chi connectivity index (χ2v) is 10.2. The highest BCUT2D eigenvalue weighted by Gasteiger charge is 2.41. The number of fused-ring (bicyclic) bond motifs is 1. The molecule has 10 nitrogen and oxygen atoms in total. The van der Waals surface area contributed by atoms with Crippen molar-refractivity contribution in [2.75, 3.05) is 11.4 Å². The molecule has 0 radical (unpaired) electrons. The molecule has 1 saturated carbocycles. The number of ketones is 1. The first-order valence-electron chi connectivity index (χ1n) is 13.4. The van der Waals surface area contributed by atoms with Crippen LogP contribution in [-0.2, 0) is 25.7 Å². The molecule has 1 aliphatic heterocycles. The van der Waals surface area contributed by atoms with Gasteiger partial charge in [-0.3, -0.25) is 9.59 Å². The summed E-state index contributed by atoms with van der Waals surface area (Å²) in [6, 6.07) is 11.6. The highest BCUT2D eigenvalue weighted by atomic mass is 19.4. The molecule has 41 heavy (non-hydrogen) atoms. The summed E-state index contributed by atoms with van der Waals surface area (Å²) in [5.41, 5.74) is -0.586. The molecule has 1 aromatic carbocycles. The van der Waals surface area contributed by atoms with E-state index in [2.05, 4.69) is 25.5 Å². The van der Waals surface area contributed by atoms with Crippen molar-refractivity contribution < 1.29 is 27.2 Å². The minimum Gasteiger partial charge on any atom is -0.432 e. The summed E-state index contributed by atoms with van der Waals surface area (Å²) in [6.45, 7) is 1.42. The number of oxazole rings is 1. The Morgan fingerprint density at radius 2 is 1.80 bits per heavy atom. The van der Waals surface area contributed by atoms with Crippen molar-refractivity contribution in [2.24, 2.45) is 0 Å². The summed E-state index contributed by atoms with van der Waals surface area (Å²) < 4.78 is 48.1. The van der Waals surface area contributed by atoms with E-state index in [-0.39, 0.29) is 24.3 Å². The number of nitrogens with zero attached hydrogens (tertiary/aromatic N) is 6. The molecule has 6 rings (SSSR count). The second kappa shape index (κ2) is 10.8. The zero-order chi connectivity index (χ0) is 28.6. The Bertz CT molecular complexity index is 1560. The van der Waals surface area contributed by atoms with Gasteiger partial charge in [-0.05, 0) is 36.6 Å². The normalized spacial score (nSPS) is 15.6. The molecule has 212 valence electrons. The predicted octanol–water partition coefficient (Wildman–Crippen LogP) is 4.46. The first-order chi connectivity index (χ1) is 19.8. The van der Waals surface area contributed by atoms with Crippen LogP contribution in [-0.4, -0.2) is 49.0 Å². The molecule has 13 heteroatoms. The van der Waals surface area contributed by atoms with Crippen molar-refractivity contribution in [3.8, 4) is 11.5 Å². The summed E-state index contributed by atoms with van der Waals surface area (Å²) in [6.07, 6.45) is 0.440. The summed E-state index contributed by atoms with van der Waals surface area (Å²) in [4.78, 5) is 35.6. The van der Waals surface area contributed by atoms with Crippen LogP contribution in [0, 0.1) is 0 Å². The summed E-state index contributed by atoms with van der Waals surface area (Å²) in [5, 5.41) is 11.4. The van der Waals surface area contributed by atoms with Gasteiger partial charge >= 0.3 is 6.18 Å². The number of benzene rings is 1. The van der Waals surface area contributed by atoms with Crippen molar-refractivity contribution in [3.63, 3.8) is 0 Å². The molecule has 4 heterocycles. The number of alkyl halides is 3. The highest BCUT2D eigenvalue weighted by Crippen LogP contribution is 2.35. The van der Waals surface area contributed by atoms with Crippen molar-refractivity contribution >= 4 is 17.5 Å². The maximum atomic E-state index is 13.7. The zero-order valence-corrected chi connectivity index (χ0v) is 21.9. The van der Waals surface area contributed by atoms with Crippen LogP contribution in [0.4, 0.5) is 19.0 Å². The van der Waals surface area contributed by atoms with E-state index in [4.69, 9.17) is 4.42 Å². The molecule has 3 aromatic heterocycles. The number of halogens is 3. The summed E-state index contributed by atoms with van der Waals surface area (Å²) in [7, 11) is 0. The molecule has 0 spiro atoms. The number of carbonyl (C=O) groups excluding carboxylic acids is 2. The van der Waals surface area contributed by atoms with Crippen LogP contribution >= 0.6 is 0 Å². The SMILES string of the molecule is O=C(Cc1ccc(N2CCn3c(nnc3C(=O)NC3CCCC3)C2)nc1)c1oc(-c2ccccc2)nc1C(F)(F)F. The maximum absolute atomic E-state index is 13.7. The van der Waals surface area contributed by atoms with Crippen molar-refractivity contribution in [1.82, 2.24) is 30.0 Å². The Morgan fingerprint density at radius 1 is 1.02 bits per heavy atom. The molecular formula is C28H26F3N7O3. The fourth-order valence-corrected chi connectivity index (χ4v) is 5.22. The molecule has 1 amide bonds. The molecule has 1 aliphatic carbocycles. The molecular weight excluding hydrogens is 539 g/mol. The predicted molar refractivity (Wildman–Crippen MR) is 140 cm³/mol. The number of pyridine rings is 1. The lowest BCUT2D eigenvalue weighted by Gasteiger charge is -2.28. The summed E-state index contributed by atoms with van der Waals surface area (Å²) >= 11 is 0. The van der Waals surface area contributed by atoms with Crippen LogP contribution in [0.15, 0.2) is 53.1 Å². The van der Waals surface area contributed by atoms with E-state index in [0.717, 1.165) is 25.7 Å². The first kappa shape index (κ1) is 26.7. The Kier molecular flexibility index (Phi) is 7.01. The number of hydrogen-bond acceptors (Lipinski definition) is 8. The average molecular weight is 566 g/mol. The molecule has 1 fully saturated rings. The molecule has 0 unspecified atom stereocenters. The topological polar surface area (TPSA) is 119 Å². The molecule has 0 bridgehead atoms. The average Bonchev–Trinajstić information content (AvgIpc) is 3.73. The van der Waals surface area contributed by atoms with Gasteiger partial charge in [0, 0.05) is 37.3 Å². The van der Waals surface area contributed by atoms with Crippen molar-refractivity contribution in [2.45, 2.75) is 57.4 Å². The third-order valence-electron chi connectivity index (χ3n) is 7.31. The number of anilines is 1. The lowest BCUT2D eigenvalue weighted by Crippen LogP contribution is -2.38. The van der Waals surface area contributed by atoms with Crippen molar-refractivity contribution in [3.05, 3.63) is 77.3 Å². The molecule has 1 N–H and O–H groups in total. The van der Waals surface area contributed by atoms with Crippen LogP contribution in [0.25, 0.3) is 11.5 Å². The third kappa shape index (κ3) is 5.56. The number of nitrogens with one attached hydrogen (secondary N) is 1. The fraction of sp³-hybridized carbons (Fsp3) is 0.357. The fourth-order valence-electron chi connectivity index (χ4n) is 5.22. The van der Waals surface area contributed by atoms with Gasteiger partial charge in [-0.2, -0.15) is 13.2 Å². The number of Topliss-reactive ketones (excluding diaryl/α,β-unsaturated/α-hetero) is 1. The molecule has 2 aliphatic rings. The Labute approximate surface area is 232 Å². The Hall–Kier alpha value is -4.55. The number of carbonyl (C=O) groups is 2. The number of hydrogen-bond donors (Lipinski definition) is 1. The van der Waals surface area contributed by atoms with Crippen LogP contribution < -0.4 is 10.2 Å². The lowest BCUT2D eigenvalue weighted by molar-refractivity contribution is -0.141. The van der Waals surface area contributed by atoms with Crippen molar-refractivity contribution in [1.29, 1.82) is 0 Å². The van der Waals surface area contributed by atoms with E-state index in [9.17, 15) is 22.8 Å². The molecule has 0 saturated heterocycles. The Morgan fingerprint density at radius 3 is 2.51 bits per heavy atom.